The van der Waals surface area contributed by atoms with Gasteiger partial charge in [-0.2, -0.15) is 0 Å². The third-order valence-electron chi connectivity index (χ3n) is 4.41. The number of halogens is 1. The minimum Gasteiger partial charge on any atom is -0.389 e. The second-order valence-electron chi connectivity index (χ2n) is 6.52. The van der Waals surface area contributed by atoms with Crippen LogP contribution in [0, 0.1) is 5.82 Å². The molecule has 1 fully saturated rings. The number of nitrogens with zero attached hydrogens (tertiary/aromatic N) is 1. The fourth-order valence-corrected chi connectivity index (χ4v) is 3.16. The first-order valence-electron chi connectivity index (χ1n) is 8.74. The van der Waals surface area contributed by atoms with Crippen molar-refractivity contribution in [2.24, 2.45) is 0 Å². The Hall–Kier alpha value is -1.95. The Kier molecular flexibility index (Phi) is 6.39. The van der Waals surface area contributed by atoms with E-state index in [1.165, 1.54) is 6.07 Å². The van der Waals surface area contributed by atoms with Crippen molar-refractivity contribution in [3.8, 4) is 0 Å². The van der Waals surface area contributed by atoms with E-state index in [2.05, 4.69) is 22.3 Å². The van der Waals surface area contributed by atoms with Crippen LogP contribution in [0.15, 0.2) is 54.6 Å². The number of nitrogens with one attached hydrogen (secondary N) is 1. The fraction of sp³-hybridized carbons (Fsp3) is 0.400. The van der Waals surface area contributed by atoms with Gasteiger partial charge in [0.15, 0.2) is 0 Å². The van der Waals surface area contributed by atoms with Gasteiger partial charge in [0, 0.05) is 36.9 Å². The van der Waals surface area contributed by atoms with Gasteiger partial charge >= 0.3 is 0 Å². The summed E-state index contributed by atoms with van der Waals surface area (Å²) in [6.07, 6.45) is 0.486. The Labute approximate surface area is 148 Å². The zero-order valence-corrected chi connectivity index (χ0v) is 14.3. The third-order valence-corrected chi connectivity index (χ3v) is 4.41. The predicted octanol–water partition coefficient (Wildman–Crippen LogP) is 2.89. The van der Waals surface area contributed by atoms with E-state index in [9.17, 15) is 9.50 Å². The number of anilines is 1. The maximum absolute atomic E-state index is 13.5. The zero-order chi connectivity index (χ0) is 17.5. The van der Waals surface area contributed by atoms with Gasteiger partial charge in [0.2, 0.25) is 0 Å². The minimum atomic E-state index is -0.567. The lowest BCUT2D eigenvalue weighted by molar-refractivity contribution is 0.0125. The Bertz CT molecular complexity index is 653. The van der Waals surface area contributed by atoms with Gasteiger partial charge in [-0.3, -0.25) is 4.90 Å². The SMILES string of the molecule is OC(COCc1ccccc1F)CN1CCC(Nc2ccccc2)C1. The first kappa shape index (κ1) is 17.9. The number of aliphatic hydroxyl groups excluding tert-OH is 1. The van der Waals surface area contributed by atoms with E-state index in [0.717, 1.165) is 25.2 Å². The molecule has 0 spiro atoms. The normalized spacial score (nSPS) is 19.0. The molecule has 2 aromatic carbocycles. The monoisotopic (exact) mass is 344 g/mol. The molecule has 5 heteroatoms. The van der Waals surface area contributed by atoms with Crippen LogP contribution in [0.1, 0.15) is 12.0 Å². The van der Waals surface area contributed by atoms with Gasteiger partial charge in [-0.25, -0.2) is 4.39 Å². The first-order valence-corrected chi connectivity index (χ1v) is 8.74. The number of hydrogen-bond donors (Lipinski definition) is 2. The van der Waals surface area contributed by atoms with Gasteiger partial charge in [0.05, 0.1) is 19.3 Å². The van der Waals surface area contributed by atoms with Crippen molar-refractivity contribution in [3.05, 3.63) is 66.0 Å². The molecule has 2 atom stereocenters. The van der Waals surface area contributed by atoms with Crippen molar-refractivity contribution >= 4 is 5.69 Å². The van der Waals surface area contributed by atoms with Crippen LogP contribution in [-0.2, 0) is 11.3 Å². The lowest BCUT2D eigenvalue weighted by Crippen LogP contribution is -2.35. The standard InChI is InChI=1S/C20H25FN2O2/c21-20-9-5-4-6-16(20)14-25-15-19(24)13-23-11-10-18(12-23)22-17-7-2-1-3-8-17/h1-9,18-19,22,24H,10-15H2. The van der Waals surface area contributed by atoms with Gasteiger partial charge in [0.1, 0.15) is 5.82 Å². The summed E-state index contributed by atoms with van der Waals surface area (Å²) in [5.41, 5.74) is 1.64. The molecule has 1 heterocycles. The third kappa shape index (κ3) is 5.53. The summed E-state index contributed by atoms with van der Waals surface area (Å²) < 4.78 is 19.0. The number of rotatable bonds is 8. The van der Waals surface area contributed by atoms with Crippen molar-refractivity contribution in [1.82, 2.24) is 4.90 Å². The highest BCUT2D eigenvalue weighted by atomic mass is 19.1. The molecule has 0 bridgehead atoms. The summed E-state index contributed by atoms with van der Waals surface area (Å²) in [7, 11) is 0. The molecule has 0 radical (unpaired) electrons. The van der Waals surface area contributed by atoms with Crippen molar-refractivity contribution in [2.45, 2.75) is 25.2 Å². The Morgan fingerprint density at radius 1 is 1.16 bits per heavy atom. The molecular formula is C20H25FN2O2. The summed E-state index contributed by atoms with van der Waals surface area (Å²) in [6, 6.07) is 17.1. The highest BCUT2D eigenvalue weighted by Crippen LogP contribution is 2.16. The quantitative estimate of drug-likeness (QED) is 0.773. The number of benzene rings is 2. The van der Waals surface area contributed by atoms with E-state index in [-0.39, 0.29) is 19.0 Å². The molecule has 0 amide bonds. The van der Waals surface area contributed by atoms with E-state index < -0.39 is 6.10 Å². The summed E-state index contributed by atoms with van der Waals surface area (Å²) in [4.78, 5) is 2.23. The van der Waals surface area contributed by atoms with Crippen molar-refractivity contribution in [3.63, 3.8) is 0 Å². The molecular weight excluding hydrogens is 319 g/mol. The highest BCUT2D eigenvalue weighted by Gasteiger charge is 2.24. The van der Waals surface area contributed by atoms with Gasteiger partial charge in [-0.05, 0) is 24.6 Å². The topological polar surface area (TPSA) is 44.7 Å². The highest BCUT2D eigenvalue weighted by molar-refractivity contribution is 5.43. The molecule has 0 saturated carbocycles. The van der Waals surface area contributed by atoms with Crippen LogP contribution in [0.2, 0.25) is 0 Å². The molecule has 4 nitrogen and oxygen atoms in total. The maximum Gasteiger partial charge on any atom is 0.128 e. The van der Waals surface area contributed by atoms with E-state index in [0.29, 0.717) is 18.2 Å². The van der Waals surface area contributed by atoms with Crippen LogP contribution >= 0.6 is 0 Å². The molecule has 134 valence electrons. The Balaban J connectivity index is 1.36. The Morgan fingerprint density at radius 2 is 1.92 bits per heavy atom. The zero-order valence-electron chi connectivity index (χ0n) is 14.3. The second-order valence-corrected chi connectivity index (χ2v) is 6.52. The number of hydrogen-bond acceptors (Lipinski definition) is 4. The van der Waals surface area contributed by atoms with Crippen LogP contribution in [-0.4, -0.2) is 48.4 Å². The molecule has 0 aromatic heterocycles. The predicted molar refractivity (Wildman–Crippen MR) is 97.0 cm³/mol. The van der Waals surface area contributed by atoms with Crippen LogP contribution in [0.3, 0.4) is 0 Å². The number of aliphatic hydroxyl groups is 1. The van der Waals surface area contributed by atoms with Crippen molar-refractivity contribution in [2.75, 3.05) is 31.6 Å². The molecule has 1 aliphatic rings. The van der Waals surface area contributed by atoms with Crippen LogP contribution < -0.4 is 5.32 Å². The van der Waals surface area contributed by atoms with E-state index in [1.807, 2.05) is 18.2 Å². The summed E-state index contributed by atoms with van der Waals surface area (Å²) in [5, 5.41) is 13.7. The average Bonchev–Trinajstić information content (AvgIpc) is 3.04. The second kappa shape index (κ2) is 8.94. The van der Waals surface area contributed by atoms with Crippen LogP contribution in [0.5, 0.6) is 0 Å². The Morgan fingerprint density at radius 3 is 2.72 bits per heavy atom. The van der Waals surface area contributed by atoms with Gasteiger partial charge in [0.25, 0.3) is 0 Å². The van der Waals surface area contributed by atoms with Crippen LogP contribution in [0.25, 0.3) is 0 Å². The number of β-amino-alcohol motifs (C(OH)–C–C–N with tert-alkyl or cyclic N) is 1. The van der Waals surface area contributed by atoms with Gasteiger partial charge < -0.3 is 15.2 Å². The maximum atomic E-state index is 13.5. The molecule has 2 N–H and O–H groups in total. The summed E-state index contributed by atoms with van der Waals surface area (Å²) in [5.74, 6) is -0.272. The fourth-order valence-electron chi connectivity index (χ4n) is 3.16. The molecule has 1 saturated heterocycles. The largest absolute Gasteiger partial charge is 0.389 e. The number of para-hydroxylation sites is 1. The van der Waals surface area contributed by atoms with Crippen LogP contribution in [0.4, 0.5) is 10.1 Å². The van der Waals surface area contributed by atoms with Gasteiger partial charge in [-0.1, -0.05) is 36.4 Å². The molecule has 2 unspecified atom stereocenters. The smallest absolute Gasteiger partial charge is 0.128 e. The first-order chi connectivity index (χ1) is 12.2. The molecule has 1 aliphatic heterocycles. The molecule has 3 rings (SSSR count). The van der Waals surface area contributed by atoms with E-state index in [4.69, 9.17) is 4.74 Å². The molecule has 25 heavy (non-hydrogen) atoms. The van der Waals surface area contributed by atoms with Crippen molar-refractivity contribution < 1.29 is 14.2 Å². The van der Waals surface area contributed by atoms with Gasteiger partial charge in [-0.15, -0.1) is 0 Å². The lowest BCUT2D eigenvalue weighted by Gasteiger charge is -2.20. The number of ether oxygens (including phenoxy) is 1. The minimum absolute atomic E-state index is 0.182. The van der Waals surface area contributed by atoms with E-state index in [1.54, 1.807) is 18.2 Å². The average molecular weight is 344 g/mol. The van der Waals surface area contributed by atoms with Crippen molar-refractivity contribution in [1.29, 1.82) is 0 Å². The molecule has 0 aliphatic carbocycles. The molecule has 2 aromatic rings. The van der Waals surface area contributed by atoms with E-state index >= 15 is 0 Å². The summed E-state index contributed by atoms with van der Waals surface area (Å²) in [6.45, 7) is 2.82. The number of likely N-dealkylation sites (tertiary alicyclic amines) is 1. The lowest BCUT2D eigenvalue weighted by atomic mass is 10.2. The summed E-state index contributed by atoms with van der Waals surface area (Å²) >= 11 is 0.